The molecule has 5 rings (SSSR count). The van der Waals surface area contributed by atoms with Gasteiger partial charge < -0.3 is 14.5 Å². The summed E-state index contributed by atoms with van der Waals surface area (Å²) in [4.78, 5) is 65.7. The van der Waals surface area contributed by atoms with E-state index in [9.17, 15) is 29.3 Å². The average molecular weight is 542 g/mol. The highest BCUT2D eigenvalue weighted by atomic mass is 32.2. The van der Waals surface area contributed by atoms with Crippen LogP contribution >= 0.6 is 23.1 Å². The van der Waals surface area contributed by atoms with E-state index < -0.39 is 39.8 Å². The summed E-state index contributed by atoms with van der Waals surface area (Å²) >= 11 is 2.11. The smallest absolute Gasteiger partial charge is 0.344 e. The molecule has 0 unspecified atom stereocenters. The second-order valence-corrected chi connectivity index (χ2v) is 10.4. The molecule has 0 spiro atoms. The number of nitro benzene ring substituents is 1. The third-order valence-electron chi connectivity index (χ3n) is 6.02. The summed E-state index contributed by atoms with van der Waals surface area (Å²) in [5.41, 5.74) is 0.712. The average Bonchev–Trinajstić information content (AvgIpc) is 3.37. The van der Waals surface area contributed by atoms with Crippen LogP contribution in [0.1, 0.15) is 23.3 Å². The van der Waals surface area contributed by atoms with Crippen molar-refractivity contribution < 1.29 is 28.8 Å². The fraction of sp³-hybridized carbons (Fsp3) is 0.250. The number of rotatable bonds is 7. The number of carbonyl (C=O) groups is 3. The first-order chi connectivity index (χ1) is 17.8. The molecule has 0 saturated carbocycles. The van der Waals surface area contributed by atoms with Gasteiger partial charge in [-0.05, 0) is 36.8 Å². The summed E-state index contributed by atoms with van der Waals surface area (Å²) in [6.07, 6.45) is 0. The van der Waals surface area contributed by atoms with Gasteiger partial charge in [0.1, 0.15) is 11.0 Å². The Balaban J connectivity index is 1.52. The van der Waals surface area contributed by atoms with Crippen molar-refractivity contribution in [1.29, 1.82) is 0 Å². The van der Waals surface area contributed by atoms with Gasteiger partial charge in [-0.15, -0.1) is 0 Å². The zero-order valence-corrected chi connectivity index (χ0v) is 20.9. The zero-order valence-electron chi connectivity index (χ0n) is 19.2. The number of ether oxygens (including phenoxy) is 2. The third-order valence-corrected chi connectivity index (χ3v) is 8.42. The molecule has 2 aromatic carbocycles. The molecule has 1 saturated heterocycles. The zero-order chi connectivity index (χ0) is 26.3. The van der Waals surface area contributed by atoms with Crippen LogP contribution in [0.15, 0.2) is 58.4 Å². The van der Waals surface area contributed by atoms with E-state index in [2.05, 4.69) is 4.98 Å². The summed E-state index contributed by atoms with van der Waals surface area (Å²) in [6, 6.07) is 12.0. The number of anilines is 1. The fourth-order valence-electron chi connectivity index (χ4n) is 4.50. The first-order valence-electron chi connectivity index (χ1n) is 11.2. The van der Waals surface area contributed by atoms with Crippen molar-refractivity contribution in [3.05, 3.63) is 78.8 Å². The number of benzene rings is 2. The normalized spacial score (nSPS) is 20.4. The first kappa shape index (κ1) is 24.7. The predicted molar refractivity (Wildman–Crippen MR) is 134 cm³/mol. The highest BCUT2D eigenvalue weighted by Gasteiger charge is 2.56. The number of imide groups is 1. The van der Waals surface area contributed by atoms with Crippen molar-refractivity contribution in [2.45, 2.75) is 23.1 Å². The second-order valence-electron chi connectivity index (χ2n) is 8.20. The van der Waals surface area contributed by atoms with Crippen molar-refractivity contribution in [1.82, 2.24) is 4.98 Å². The van der Waals surface area contributed by atoms with Crippen LogP contribution in [-0.2, 0) is 19.1 Å². The standard InChI is InChI=1S/C24H19N3O8S2/c1-2-34-16(28)11-35-15-5-3-4-12(10-15)17-18-20(36-21-19(17)37-24(31)25-21)23(30)26(22(18)29)13-6-8-14(9-7-13)27(32)33/h3-10,17-18,20H,2,11H2,1H3,(H,25,31)/t17-,18-,20+/m0/s1. The van der Waals surface area contributed by atoms with E-state index >= 15 is 0 Å². The quantitative estimate of drug-likeness (QED) is 0.206. The Morgan fingerprint density at radius 1 is 1.14 bits per heavy atom. The molecule has 2 aliphatic heterocycles. The molecule has 190 valence electrons. The number of nitrogens with zero attached hydrogens (tertiary/aromatic N) is 2. The molecule has 13 heteroatoms. The van der Waals surface area contributed by atoms with Crippen LogP contribution in [0, 0.1) is 16.0 Å². The number of thioether (sulfide) groups is 1. The van der Waals surface area contributed by atoms with Gasteiger partial charge in [0.05, 0.1) is 28.2 Å². The number of esters is 1. The summed E-state index contributed by atoms with van der Waals surface area (Å²) < 4.78 is 10.4. The van der Waals surface area contributed by atoms with E-state index in [1.807, 2.05) is 0 Å². The van der Waals surface area contributed by atoms with Crippen molar-refractivity contribution in [3.63, 3.8) is 0 Å². The Hall–Kier alpha value is -3.97. The van der Waals surface area contributed by atoms with Gasteiger partial charge in [0.15, 0.2) is 6.61 Å². The van der Waals surface area contributed by atoms with Gasteiger partial charge in [-0.2, -0.15) is 0 Å². The molecule has 1 aromatic heterocycles. The lowest BCUT2D eigenvalue weighted by Gasteiger charge is -2.30. The molecule has 2 amide bonds. The van der Waals surface area contributed by atoms with Crippen molar-refractivity contribution in [3.8, 4) is 5.75 Å². The molecule has 3 atom stereocenters. The Bertz CT molecular complexity index is 1470. The lowest BCUT2D eigenvalue weighted by atomic mass is 9.83. The van der Waals surface area contributed by atoms with E-state index in [1.165, 1.54) is 24.3 Å². The SMILES string of the molecule is CCOC(=O)COc1cccc([C@@H]2c3sc(=O)[nH]c3S[C@H]3C(=O)N(c4ccc([N+](=O)[O-])cc4)C(=O)[C@@H]23)c1. The number of hydrogen-bond acceptors (Lipinski definition) is 10. The minimum atomic E-state index is -0.827. The van der Waals surface area contributed by atoms with Gasteiger partial charge in [-0.25, -0.2) is 9.69 Å². The van der Waals surface area contributed by atoms with Crippen LogP contribution in [0.5, 0.6) is 5.75 Å². The second kappa shape index (κ2) is 9.82. The number of fused-ring (bicyclic) bond motifs is 2. The molecule has 3 heterocycles. The summed E-state index contributed by atoms with van der Waals surface area (Å²) in [6.45, 7) is 1.62. The number of non-ortho nitro benzene ring substituents is 1. The van der Waals surface area contributed by atoms with Crippen molar-refractivity contribution in [2.24, 2.45) is 5.92 Å². The number of thiazole rings is 1. The molecule has 1 fully saturated rings. The maximum atomic E-state index is 13.7. The van der Waals surface area contributed by atoms with Crippen molar-refractivity contribution >= 4 is 52.3 Å². The number of carbonyl (C=O) groups excluding carboxylic acids is 3. The Kier molecular flexibility index (Phi) is 6.56. The number of aromatic nitrogens is 1. The molecule has 0 radical (unpaired) electrons. The van der Waals surface area contributed by atoms with Crippen LogP contribution < -0.4 is 14.5 Å². The van der Waals surface area contributed by atoms with E-state index in [0.717, 1.165) is 28.0 Å². The Morgan fingerprint density at radius 2 is 1.89 bits per heavy atom. The molecule has 11 nitrogen and oxygen atoms in total. The maximum Gasteiger partial charge on any atom is 0.344 e. The van der Waals surface area contributed by atoms with E-state index in [4.69, 9.17) is 9.47 Å². The van der Waals surface area contributed by atoms with Gasteiger partial charge in [0, 0.05) is 22.9 Å². The fourth-order valence-corrected chi connectivity index (χ4v) is 7.01. The molecule has 37 heavy (non-hydrogen) atoms. The number of H-pyrrole nitrogens is 1. The van der Waals surface area contributed by atoms with Gasteiger partial charge >= 0.3 is 10.8 Å². The number of nitrogens with one attached hydrogen (secondary N) is 1. The first-order valence-corrected chi connectivity index (χ1v) is 12.9. The van der Waals surface area contributed by atoms with Crippen LogP contribution in [-0.4, -0.2) is 46.2 Å². The maximum absolute atomic E-state index is 13.7. The Labute approximate surface area is 217 Å². The molecule has 3 aromatic rings. The van der Waals surface area contributed by atoms with Crippen LogP contribution in [0.4, 0.5) is 11.4 Å². The summed E-state index contributed by atoms with van der Waals surface area (Å²) in [7, 11) is 0. The van der Waals surface area contributed by atoms with E-state index in [1.54, 1.807) is 31.2 Å². The topological polar surface area (TPSA) is 149 Å². The van der Waals surface area contributed by atoms with Crippen LogP contribution in [0.2, 0.25) is 0 Å². The van der Waals surface area contributed by atoms with Crippen LogP contribution in [0.3, 0.4) is 0 Å². The van der Waals surface area contributed by atoms with Gasteiger partial charge in [0.25, 0.3) is 5.69 Å². The molecule has 2 aliphatic rings. The molecule has 0 bridgehead atoms. The van der Waals surface area contributed by atoms with Gasteiger partial charge in [-0.3, -0.25) is 24.5 Å². The predicted octanol–water partition coefficient (Wildman–Crippen LogP) is 3.08. The minimum Gasteiger partial charge on any atom is -0.482 e. The van der Waals surface area contributed by atoms with Crippen molar-refractivity contribution in [2.75, 3.05) is 18.1 Å². The monoisotopic (exact) mass is 541 g/mol. The van der Waals surface area contributed by atoms with Crippen LogP contribution in [0.25, 0.3) is 0 Å². The molecule has 0 aliphatic carbocycles. The van der Waals surface area contributed by atoms with E-state index in [-0.39, 0.29) is 29.5 Å². The number of amides is 2. The summed E-state index contributed by atoms with van der Waals surface area (Å²) in [5.74, 6) is -2.54. The largest absolute Gasteiger partial charge is 0.482 e. The van der Waals surface area contributed by atoms with Gasteiger partial charge in [-0.1, -0.05) is 35.2 Å². The molecular weight excluding hydrogens is 522 g/mol. The third kappa shape index (κ3) is 4.51. The lowest BCUT2D eigenvalue weighted by molar-refractivity contribution is -0.384. The number of hydrogen-bond donors (Lipinski definition) is 1. The lowest BCUT2D eigenvalue weighted by Crippen LogP contribution is -2.32. The van der Waals surface area contributed by atoms with Gasteiger partial charge in [0.2, 0.25) is 11.8 Å². The Morgan fingerprint density at radius 3 is 2.59 bits per heavy atom. The van der Waals surface area contributed by atoms with E-state index in [0.29, 0.717) is 21.2 Å². The summed E-state index contributed by atoms with van der Waals surface area (Å²) in [5, 5.41) is 10.7. The molecule has 1 N–H and O–H groups in total. The minimum absolute atomic E-state index is 0.160. The highest BCUT2D eigenvalue weighted by Crippen LogP contribution is 2.53. The number of nitro groups is 1. The highest BCUT2D eigenvalue weighted by molar-refractivity contribution is 8.00. The number of aromatic amines is 1. The molecular formula is C24H19N3O8S2.